The number of unbranched alkanes of at least 4 members (excludes halogenated alkanes) is 1. The molecular weight excluding hydrogens is 294 g/mol. The summed E-state index contributed by atoms with van der Waals surface area (Å²) in [5, 5.41) is 11.8. The van der Waals surface area contributed by atoms with Crippen LogP contribution < -0.4 is 5.73 Å². The molecule has 1 aromatic heterocycles. The zero-order valence-corrected chi connectivity index (χ0v) is 11.7. The van der Waals surface area contributed by atoms with E-state index in [1.807, 2.05) is 16.8 Å². The smallest absolute Gasteiger partial charge is 0.155 e. The average molecular weight is 310 g/mol. The van der Waals surface area contributed by atoms with E-state index in [1.54, 1.807) is 0 Å². The fraction of sp³-hybridized carbons (Fsp3) is 0.417. The first kappa shape index (κ1) is 13.2. The molecule has 0 unspecified atom stereocenters. The quantitative estimate of drug-likeness (QED) is 0.826. The van der Waals surface area contributed by atoms with Crippen LogP contribution in [0.15, 0.2) is 28.7 Å². The van der Waals surface area contributed by atoms with Crippen LogP contribution in [0.3, 0.4) is 0 Å². The van der Waals surface area contributed by atoms with Crippen molar-refractivity contribution in [1.29, 1.82) is 0 Å². The predicted octanol–water partition coefficient (Wildman–Crippen LogP) is 1.77. The number of aryl methyl sites for hydroxylation is 1. The summed E-state index contributed by atoms with van der Waals surface area (Å²) in [5.74, 6) is 0.898. The molecule has 18 heavy (non-hydrogen) atoms. The second-order valence-electron chi connectivity index (χ2n) is 4.12. The Morgan fingerprint density at radius 2 is 1.94 bits per heavy atom. The maximum atomic E-state index is 5.48. The lowest BCUT2D eigenvalue weighted by atomic mass is 10.1. The summed E-state index contributed by atoms with van der Waals surface area (Å²) in [5.41, 5.74) is 6.68. The van der Waals surface area contributed by atoms with Crippen molar-refractivity contribution in [3.63, 3.8) is 0 Å². The number of tetrazole rings is 1. The molecule has 6 heteroatoms. The maximum Gasteiger partial charge on any atom is 0.155 e. The molecule has 0 aliphatic rings. The third-order valence-corrected chi connectivity index (χ3v) is 3.23. The monoisotopic (exact) mass is 309 g/mol. The Balaban J connectivity index is 2.00. The van der Waals surface area contributed by atoms with Gasteiger partial charge in [0.05, 0.1) is 0 Å². The van der Waals surface area contributed by atoms with Crippen LogP contribution in [-0.2, 0) is 13.0 Å². The van der Waals surface area contributed by atoms with Crippen molar-refractivity contribution in [3.8, 4) is 0 Å². The lowest BCUT2D eigenvalue weighted by Gasteiger charge is -2.04. The van der Waals surface area contributed by atoms with E-state index in [2.05, 4.69) is 43.6 Å². The van der Waals surface area contributed by atoms with E-state index in [1.165, 1.54) is 5.56 Å². The molecule has 1 aromatic carbocycles. The molecule has 0 bridgehead atoms. The minimum absolute atomic E-state index is 0.712. The van der Waals surface area contributed by atoms with Gasteiger partial charge >= 0.3 is 0 Å². The van der Waals surface area contributed by atoms with Gasteiger partial charge in [0.15, 0.2) is 5.82 Å². The second kappa shape index (κ2) is 6.61. The number of nitrogens with two attached hydrogens (primary N) is 1. The molecule has 1 heterocycles. The zero-order valence-electron chi connectivity index (χ0n) is 10.1. The van der Waals surface area contributed by atoms with Crippen molar-refractivity contribution >= 4 is 15.9 Å². The summed E-state index contributed by atoms with van der Waals surface area (Å²) in [6, 6.07) is 8.20. The number of rotatable bonds is 6. The van der Waals surface area contributed by atoms with Crippen LogP contribution in [0.25, 0.3) is 0 Å². The average Bonchev–Trinajstić information content (AvgIpc) is 2.80. The lowest BCUT2D eigenvalue weighted by molar-refractivity contribution is 0.529. The molecule has 2 N–H and O–H groups in total. The highest BCUT2D eigenvalue weighted by molar-refractivity contribution is 9.10. The predicted molar refractivity (Wildman–Crippen MR) is 73.1 cm³/mol. The summed E-state index contributed by atoms with van der Waals surface area (Å²) >= 11 is 3.42. The molecule has 0 fully saturated rings. The summed E-state index contributed by atoms with van der Waals surface area (Å²) in [6.07, 6.45) is 2.76. The highest BCUT2D eigenvalue weighted by Gasteiger charge is 2.06. The van der Waals surface area contributed by atoms with Gasteiger partial charge in [0.25, 0.3) is 0 Å². The summed E-state index contributed by atoms with van der Waals surface area (Å²) in [7, 11) is 0. The van der Waals surface area contributed by atoms with Crippen molar-refractivity contribution in [3.05, 3.63) is 40.1 Å². The number of aromatic nitrogens is 4. The highest BCUT2D eigenvalue weighted by Crippen LogP contribution is 2.13. The summed E-state index contributed by atoms with van der Waals surface area (Å²) < 4.78 is 2.94. The standard InChI is InChI=1S/C12H16BrN5/c13-11-5-3-10(4-6-11)9-12-15-16-17-18(12)8-2-1-7-14/h3-6H,1-2,7-9,14H2. The first-order chi connectivity index (χ1) is 8.79. The van der Waals surface area contributed by atoms with Gasteiger partial charge in [-0.3, -0.25) is 0 Å². The largest absolute Gasteiger partial charge is 0.330 e. The Labute approximate surface area is 115 Å². The van der Waals surface area contributed by atoms with Gasteiger partial charge in [0.2, 0.25) is 0 Å². The van der Waals surface area contributed by atoms with E-state index in [0.29, 0.717) is 6.54 Å². The number of hydrogen-bond donors (Lipinski definition) is 1. The molecule has 96 valence electrons. The Hall–Kier alpha value is -1.27. The molecule has 5 nitrogen and oxygen atoms in total. The summed E-state index contributed by atoms with van der Waals surface area (Å²) in [4.78, 5) is 0. The van der Waals surface area contributed by atoms with Gasteiger partial charge in [0.1, 0.15) is 0 Å². The van der Waals surface area contributed by atoms with E-state index in [9.17, 15) is 0 Å². The third kappa shape index (κ3) is 3.61. The molecule has 2 rings (SSSR count). The topological polar surface area (TPSA) is 69.6 Å². The molecule has 0 amide bonds. The first-order valence-electron chi connectivity index (χ1n) is 5.99. The van der Waals surface area contributed by atoms with E-state index >= 15 is 0 Å². The van der Waals surface area contributed by atoms with Gasteiger partial charge in [-0.2, -0.15) is 0 Å². The molecule has 0 spiro atoms. The summed E-state index contributed by atoms with van der Waals surface area (Å²) in [6.45, 7) is 1.54. The molecular formula is C12H16BrN5. The van der Waals surface area contributed by atoms with Crippen molar-refractivity contribution in [2.45, 2.75) is 25.8 Å². The van der Waals surface area contributed by atoms with Crippen LogP contribution in [0.2, 0.25) is 0 Å². The van der Waals surface area contributed by atoms with Gasteiger partial charge in [-0.15, -0.1) is 5.10 Å². The van der Waals surface area contributed by atoms with Crippen molar-refractivity contribution < 1.29 is 0 Å². The van der Waals surface area contributed by atoms with Crippen LogP contribution in [0.5, 0.6) is 0 Å². The Morgan fingerprint density at radius 1 is 1.17 bits per heavy atom. The zero-order chi connectivity index (χ0) is 12.8. The fourth-order valence-electron chi connectivity index (χ4n) is 1.71. The van der Waals surface area contributed by atoms with Crippen LogP contribution >= 0.6 is 15.9 Å². The molecule has 0 saturated carbocycles. The van der Waals surface area contributed by atoms with E-state index in [4.69, 9.17) is 5.73 Å². The molecule has 2 aromatic rings. The fourth-order valence-corrected chi connectivity index (χ4v) is 1.98. The van der Waals surface area contributed by atoms with Crippen LogP contribution in [-0.4, -0.2) is 26.8 Å². The minimum atomic E-state index is 0.712. The second-order valence-corrected chi connectivity index (χ2v) is 5.03. The number of benzene rings is 1. The van der Waals surface area contributed by atoms with Crippen molar-refractivity contribution in [1.82, 2.24) is 20.2 Å². The van der Waals surface area contributed by atoms with E-state index in [-0.39, 0.29) is 0 Å². The molecule has 0 saturated heterocycles. The number of hydrogen-bond acceptors (Lipinski definition) is 4. The van der Waals surface area contributed by atoms with Crippen LogP contribution in [0, 0.1) is 0 Å². The van der Waals surface area contributed by atoms with E-state index in [0.717, 1.165) is 36.1 Å². The number of halogens is 1. The van der Waals surface area contributed by atoms with Crippen molar-refractivity contribution in [2.24, 2.45) is 5.73 Å². The Bertz CT molecular complexity index is 479. The highest BCUT2D eigenvalue weighted by atomic mass is 79.9. The van der Waals surface area contributed by atoms with Gasteiger partial charge in [-0.25, -0.2) is 4.68 Å². The Morgan fingerprint density at radius 3 is 2.67 bits per heavy atom. The number of nitrogens with zero attached hydrogens (tertiary/aromatic N) is 4. The minimum Gasteiger partial charge on any atom is -0.330 e. The normalized spacial score (nSPS) is 10.8. The molecule has 0 aliphatic carbocycles. The third-order valence-electron chi connectivity index (χ3n) is 2.71. The first-order valence-corrected chi connectivity index (χ1v) is 6.78. The maximum absolute atomic E-state index is 5.48. The van der Waals surface area contributed by atoms with E-state index < -0.39 is 0 Å². The van der Waals surface area contributed by atoms with Gasteiger partial charge in [-0.1, -0.05) is 28.1 Å². The van der Waals surface area contributed by atoms with Gasteiger partial charge in [-0.05, 0) is 47.5 Å². The molecule has 0 radical (unpaired) electrons. The van der Waals surface area contributed by atoms with Crippen LogP contribution in [0.1, 0.15) is 24.2 Å². The molecule has 0 atom stereocenters. The SMILES string of the molecule is NCCCCn1nnnc1Cc1ccc(Br)cc1. The van der Waals surface area contributed by atoms with Gasteiger partial charge in [0, 0.05) is 17.4 Å². The van der Waals surface area contributed by atoms with Crippen molar-refractivity contribution in [2.75, 3.05) is 6.54 Å². The van der Waals surface area contributed by atoms with Gasteiger partial charge < -0.3 is 5.73 Å². The lowest BCUT2D eigenvalue weighted by Crippen LogP contribution is -2.08. The Kier molecular flexibility index (Phi) is 4.83. The molecule has 0 aliphatic heterocycles. The van der Waals surface area contributed by atoms with Crippen LogP contribution in [0.4, 0.5) is 0 Å².